The molecule has 1 heterocycles. The molecule has 0 saturated carbocycles. The number of hydrogen-bond acceptors (Lipinski definition) is 5. The van der Waals surface area contributed by atoms with Gasteiger partial charge in [-0.1, -0.05) is 0 Å². The summed E-state index contributed by atoms with van der Waals surface area (Å²) in [7, 11) is 0. The van der Waals surface area contributed by atoms with E-state index in [-0.39, 0.29) is 37.6 Å². The third-order valence-electron chi connectivity index (χ3n) is 3.02. The number of morpholine rings is 1. The maximum Gasteiger partial charge on any atom is 0.270 e. The van der Waals surface area contributed by atoms with Crippen molar-refractivity contribution in [1.82, 2.24) is 4.90 Å². The molecule has 1 aliphatic rings. The number of aliphatic hydroxyl groups is 1. The van der Waals surface area contributed by atoms with E-state index in [1.54, 1.807) is 0 Å². The number of carbonyl (C=O) groups is 1. The molecule has 1 aromatic rings. The molecule has 1 saturated heterocycles. The van der Waals surface area contributed by atoms with Crippen LogP contribution in [0.4, 0.5) is 10.1 Å². The van der Waals surface area contributed by atoms with Gasteiger partial charge < -0.3 is 14.7 Å². The summed E-state index contributed by atoms with van der Waals surface area (Å²) in [6.45, 7) is 0.351. The molecule has 1 N–H and O–H groups in total. The van der Waals surface area contributed by atoms with Gasteiger partial charge in [0.25, 0.3) is 11.6 Å². The topological polar surface area (TPSA) is 92.9 Å². The molecule has 108 valence electrons. The fourth-order valence-corrected chi connectivity index (χ4v) is 1.98. The molecule has 1 atom stereocenters. The number of amides is 1. The largest absolute Gasteiger partial charge is 0.394 e. The molecule has 7 nitrogen and oxygen atoms in total. The molecule has 0 aromatic heterocycles. The average Bonchev–Trinajstić information content (AvgIpc) is 2.46. The first kappa shape index (κ1) is 14.4. The van der Waals surface area contributed by atoms with Gasteiger partial charge in [-0.25, -0.2) is 4.39 Å². The third kappa shape index (κ3) is 2.91. The van der Waals surface area contributed by atoms with Crippen LogP contribution >= 0.6 is 0 Å². The van der Waals surface area contributed by atoms with Gasteiger partial charge in [-0.3, -0.25) is 14.9 Å². The van der Waals surface area contributed by atoms with Gasteiger partial charge in [0.05, 0.1) is 29.8 Å². The second-order valence-electron chi connectivity index (χ2n) is 4.35. The van der Waals surface area contributed by atoms with Gasteiger partial charge in [0.15, 0.2) is 0 Å². The summed E-state index contributed by atoms with van der Waals surface area (Å²) < 4.78 is 18.9. The molecule has 1 amide bonds. The Morgan fingerprint density at radius 1 is 1.60 bits per heavy atom. The van der Waals surface area contributed by atoms with Crippen molar-refractivity contribution in [2.24, 2.45) is 0 Å². The van der Waals surface area contributed by atoms with Crippen LogP contribution in [-0.4, -0.2) is 53.2 Å². The highest BCUT2D eigenvalue weighted by Crippen LogP contribution is 2.19. The third-order valence-corrected chi connectivity index (χ3v) is 3.02. The first-order chi connectivity index (χ1) is 9.52. The van der Waals surface area contributed by atoms with Gasteiger partial charge in [0, 0.05) is 25.2 Å². The minimum Gasteiger partial charge on any atom is -0.394 e. The van der Waals surface area contributed by atoms with Gasteiger partial charge in [-0.15, -0.1) is 0 Å². The van der Waals surface area contributed by atoms with Crippen molar-refractivity contribution in [3.05, 3.63) is 39.7 Å². The van der Waals surface area contributed by atoms with Crippen molar-refractivity contribution in [1.29, 1.82) is 0 Å². The Bertz CT molecular complexity index is 537. The van der Waals surface area contributed by atoms with E-state index in [9.17, 15) is 19.3 Å². The Hall–Kier alpha value is -2.06. The highest BCUT2D eigenvalue weighted by atomic mass is 19.1. The zero-order chi connectivity index (χ0) is 14.7. The molecule has 2 rings (SSSR count). The number of carbonyl (C=O) groups excluding carboxylic acids is 1. The molecule has 1 unspecified atom stereocenters. The summed E-state index contributed by atoms with van der Waals surface area (Å²) >= 11 is 0. The molecular formula is C12H13FN2O5. The number of nitro groups is 1. The normalized spacial score (nSPS) is 18.9. The van der Waals surface area contributed by atoms with Crippen LogP contribution in [0.5, 0.6) is 0 Å². The Kier molecular flexibility index (Phi) is 4.26. The number of hydrogen-bond donors (Lipinski definition) is 1. The van der Waals surface area contributed by atoms with Crippen LogP contribution in [0, 0.1) is 15.9 Å². The molecule has 20 heavy (non-hydrogen) atoms. The van der Waals surface area contributed by atoms with Gasteiger partial charge in [-0.2, -0.15) is 0 Å². The van der Waals surface area contributed by atoms with E-state index in [2.05, 4.69) is 0 Å². The van der Waals surface area contributed by atoms with E-state index in [0.717, 1.165) is 18.2 Å². The molecule has 1 aliphatic heterocycles. The van der Waals surface area contributed by atoms with Gasteiger partial charge in [0.1, 0.15) is 5.82 Å². The maximum atomic E-state index is 13.7. The lowest BCUT2D eigenvalue weighted by Crippen LogP contribution is -2.47. The fraction of sp³-hybridized carbons (Fsp3) is 0.417. The van der Waals surface area contributed by atoms with Crippen LogP contribution in [0.25, 0.3) is 0 Å². The van der Waals surface area contributed by atoms with Crippen LogP contribution < -0.4 is 0 Å². The molecule has 8 heteroatoms. The fourth-order valence-electron chi connectivity index (χ4n) is 1.98. The minimum atomic E-state index is -0.812. The van der Waals surface area contributed by atoms with Crippen LogP contribution in [0.1, 0.15) is 10.4 Å². The van der Waals surface area contributed by atoms with Crippen LogP contribution in [0.3, 0.4) is 0 Å². The standard InChI is InChI=1S/C12H13FN2O5/c13-11-2-1-8(15(18)19)5-10(11)12(17)14-3-4-20-9(6-14)7-16/h1-2,5,9,16H,3-4,6-7H2. The molecule has 0 radical (unpaired) electrons. The number of nitrogens with zero attached hydrogens (tertiary/aromatic N) is 2. The maximum absolute atomic E-state index is 13.7. The quantitative estimate of drug-likeness (QED) is 0.647. The Labute approximate surface area is 113 Å². The van der Waals surface area contributed by atoms with Crippen LogP contribution in [0.15, 0.2) is 18.2 Å². The van der Waals surface area contributed by atoms with Crippen molar-refractivity contribution >= 4 is 11.6 Å². The lowest BCUT2D eigenvalue weighted by atomic mass is 10.1. The Balaban J connectivity index is 2.24. The summed E-state index contributed by atoms with van der Waals surface area (Å²) in [6.07, 6.45) is -0.519. The first-order valence-corrected chi connectivity index (χ1v) is 5.98. The molecule has 0 bridgehead atoms. The number of rotatable bonds is 3. The van der Waals surface area contributed by atoms with Crippen LogP contribution in [0.2, 0.25) is 0 Å². The van der Waals surface area contributed by atoms with Crippen molar-refractivity contribution in [2.75, 3.05) is 26.3 Å². The van der Waals surface area contributed by atoms with Crippen molar-refractivity contribution in [3.8, 4) is 0 Å². The zero-order valence-electron chi connectivity index (χ0n) is 10.5. The van der Waals surface area contributed by atoms with E-state index in [1.165, 1.54) is 4.90 Å². The minimum absolute atomic E-state index is 0.122. The highest BCUT2D eigenvalue weighted by molar-refractivity contribution is 5.95. The van der Waals surface area contributed by atoms with E-state index in [0.29, 0.717) is 0 Å². The molecule has 0 aliphatic carbocycles. The molecule has 1 fully saturated rings. The SMILES string of the molecule is O=C(c1cc([N+](=O)[O-])ccc1F)N1CCOC(CO)C1. The van der Waals surface area contributed by atoms with Crippen molar-refractivity contribution in [3.63, 3.8) is 0 Å². The lowest BCUT2D eigenvalue weighted by Gasteiger charge is -2.32. The molecular weight excluding hydrogens is 271 g/mol. The summed E-state index contributed by atoms with van der Waals surface area (Å²) in [4.78, 5) is 23.5. The highest BCUT2D eigenvalue weighted by Gasteiger charge is 2.27. The van der Waals surface area contributed by atoms with Crippen LogP contribution in [-0.2, 0) is 4.74 Å². The van der Waals surface area contributed by atoms with Gasteiger partial charge >= 0.3 is 0 Å². The number of nitro benzene ring substituents is 1. The number of ether oxygens (including phenoxy) is 1. The Morgan fingerprint density at radius 2 is 2.35 bits per heavy atom. The monoisotopic (exact) mass is 284 g/mol. The second kappa shape index (κ2) is 5.93. The number of halogens is 1. The lowest BCUT2D eigenvalue weighted by molar-refractivity contribution is -0.384. The van der Waals surface area contributed by atoms with Gasteiger partial charge in [0.2, 0.25) is 0 Å². The van der Waals surface area contributed by atoms with Crippen molar-refractivity contribution in [2.45, 2.75) is 6.10 Å². The van der Waals surface area contributed by atoms with E-state index in [4.69, 9.17) is 9.84 Å². The number of aliphatic hydroxyl groups excluding tert-OH is 1. The number of non-ortho nitro benzene ring substituents is 1. The second-order valence-corrected chi connectivity index (χ2v) is 4.35. The molecule has 1 aromatic carbocycles. The number of benzene rings is 1. The predicted octanol–water partition coefficient (Wildman–Crippen LogP) is 0.567. The summed E-state index contributed by atoms with van der Waals surface area (Å²) in [5.41, 5.74) is -0.695. The van der Waals surface area contributed by atoms with E-state index < -0.39 is 22.8 Å². The Morgan fingerprint density at radius 3 is 3.00 bits per heavy atom. The summed E-state index contributed by atoms with van der Waals surface area (Å²) in [6, 6.07) is 2.82. The summed E-state index contributed by atoms with van der Waals surface area (Å²) in [5.74, 6) is -1.46. The van der Waals surface area contributed by atoms with E-state index in [1.807, 2.05) is 0 Å². The average molecular weight is 284 g/mol. The van der Waals surface area contributed by atoms with E-state index >= 15 is 0 Å². The molecule has 0 spiro atoms. The van der Waals surface area contributed by atoms with Gasteiger partial charge in [-0.05, 0) is 6.07 Å². The predicted molar refractivity (Wildman–Crippen MR) is 65.8 cm³/mol. The summed E-state index contributed by atoms with van der Waals surface area (Å²) in [5, 5.41) is 19.7. The first-order valence-electron chi connectivity index (χ1n) is 5.98. The smallest absolute Gasteiger partial charge is 0.270 e. The zero-order valence-corrected chi connectivity index (χ0v) is 10.5. The van der Waals surface area contributed by atoms with Crippen molar-refractivity contribution < 1.29 is 24.0 Å².